The minimum Gasteiger partial charge on any atom is -0.339 e. The SMILES string of the molecule is O=C1CSCC1c1nc(Cc2cccc(Br)c2)no1. The van der Waals surface area contributed by atoms with Gasteiger partial charge in [-0.25, -0.2) is 0 Å². The number of Topliss-reactive ketones (excluding diaryl/α,β-unsaturated/α-hetero) is 1. The predicted molar refractivity (Wildman–Crippen MR) is 76.3 cm³/mol. The molecular weight excluding hydrogens is 328 g/mol. The Balaban J connectivity index is 1.76. The predicted octanol–water partition coefficient (Wildman–Crippen LogP) is 2.82. The highest BCUT2D eigenvalue weighted by molar-refractivity contribution is 9.10. The molecule has 1 aromatic heterocycles. The van der Waals surface area contributed by atoms with E-state index < -0.39 is 0 Å². The third kappa shape index (κ3) is 2.90. The Hall–Kier alpha value is -1.14. The van der Waals surface area contributed by atoms with Gasteiger partial charge in [0.2, 0.25) is 5.89 Å². The van der Waals surface area contributed by atoms with Crippen molar-refractivity contribution >= 4 is 33.5 Å². The molecule has 3 rings (SSSR count). The summed E-state index contributed by atoms with van der Waals surface area (Å²) in [4.78, 5) is 16.0. The van der Waals surface area contributed by atoms with E-state index in [-0.39, 0.29) is 11.7 Å². The smallest absolute Gasteiger partial charge is 0.238 e. The molecule has 0 amide bonds. The molecule has 19 heavy (non-hydrogen) atoms. The third-order valence-corrected chi connectivity index (χ3v) is 4.50. The van der Waals surface area contributed by atoms with Gasteiger partial charge in [-0.1, -0.05) is 33.2 Å². The topological polar surface area (TPSA) is 56.0 Å². The Morgan fingerprint density at radius 1 is 1.47 bits per heavy atom. The minimum absolute atomic E-state index is 0.183. The quantitative estimate of drug-likeness (QED) is 0.861. The highest BCUT2D eigenvalue weighted by Crippen LogP contribution is 2.28. The zero-order chi connectivity index (χ0) is 13.2. The van der Waals surface area contributed by atoms with E-state index in [0.29, 0.717) is 23.9 Å². The molecule has 1 saturated heterocycles. The Morgan fingerprint density at radius 3 is 3.11 bits per heavy atom. The standard InChI is InChI=1S/C13H11BrN2O2S/c14-9-3-1-2-8(4-9)5-12-15-13(18-16-12)10-6-19-7-11(10)17/h1-4,10H,5-7H2. The molecule has 0 N–H and O–H groups in total. The highest BCUT2D eigenvalue weighted by atomic mass is 79.9. The van der Waals surface area contributed by atoms with Crippen LogP contribution in [0.1, 0.15) is 23.2 Å². The maximum absolute atomic E-state index is 11.6. The lowest BCUT2D eigenvalue weighted by molar-refractivity contribution is -0.117. The van der Waals surface area contributed by atoms with Gasteiger partial charge in [-0.3, -0.25) is 4.79 Å². The van der Waals surface area contributed by atoms with Crippen molar-refractivity contribution in [2.24, 2.45) is 0 Å². The van der Waals surface area contributed by atoms with Crippen molar-refractivity contribution in [2.45, 2.75) is 12.3 Å². The summed E-state index contributed by atoms with van der Waals surface area (Å²) in [5.41, 5.74) is 1.11. The molecule has 0 aliphatic carbocycles. The van der Waals surface area contributed by atoms with Crippen LogP contribution < -0.4 is 0 Å². The molecule has 1 aliphatic rings. The Labute approximate surface area is 123 Å². The van der Waals surface area contributed by atoms with Gasteiger partial charge in [0, 0.05) is 16.6 Å². The van der Waals surface area contributed by atoms with Crippen molar-refractivity contribution in [3.05, 3.63) is 46.0 Å². The second-order valence-corrected chi connectivity index (χ2v) is 6.34. The van der Waals surface area contributed by atoms with Gasteiger partial charge in [-0.2, -0.15) is 16.7 Å². The van der Waals surface area contributed by atoms with E-state index in [1.165, 1.54) is 0 Å². The molecule has 2 aromatic rings. The number of hydrogen-bond acceptors (Lipinski definition) is 5. The summed E-state index contributed by atoms with van der Waals surface area (Å²) in [5, 5.41) is 3.96. The Kier molecular flexibility index (Phi) is 3.70. The zero-order valence-corrected chi connectivity index (χ0v) is 12.4. The van der Waals surface area contributed by atoms with Crippen LogP contribution in [0.5, 0.6) is 0 Å². The fourth-order valence-electron chi connectivity index (χ4n) is 1.99. The van der Waals surface area contributed by atoms with Crippen LogP contribution in [0.4, 0.5) is 0 Å². The minimum atomic E-state index is -0.214. The van der Waals surface area contributed by atoms with Crippen LogP contribution in [-0.2, 0) is 11.2 Å². The van der Waals surface area contributed by atoms with Gasteiger partial charge < -0.3 is 4.52 Å². The van der Waals surface area contributed by atoms with Crippen molar-refractivity contribution in [1.82, 2.24) is 10.1 Å². The molecular formula is C13H11BrN2O2S. The third-order valence-electron chi connectivity index (χ3n) is 2.95. The number of rotatable bonds is 3. The van der Waals surface area contributed by atoms with E-state index in [2.05, 4.69) is 26.1 Å². The Bertz CT molecular complexity index is 614. The molecule has 0 bridgehead atoms. The molecule has 0 saturated carbocycles. The number of benzene rings is 1. The van der Waals surface area contributed by atoms with Gasteiger partial charge in [0.05, 0.1) is 5.75 Å². The fraction of sp³-hybridized carbons (Fsp3) is 0.308. The number of ketones is 1. The van der Waals surface area contributed by atoms with Gasteiger partial charge in [-0.15, -0.1) is 0 Å². The van der Waals surface area contributed by atoms with Crippen LogP contribution >= 0.6 is 27.7 Å². The van der Waals surface area contributed by atoms with E-state index >= 15 is 0 Å². The maximum Gasteiger partial charge on any atom is 0.238 e. The van der Waals surface area contributed by atoms with Gasteiger partial charge in [0.1, 0.15) is 5.92 Å². The molecule has 1 unspecified atom stereocenters. The number of halogens is 1. The first-order chi connectivity index (χ1) is 9.22. The van der Waals surface area contributed by atoms with E-state index in [4.69, 9.17) is 4.52 Å². The molecule has 0 spiro atoms. The summed E-state index contributed by atoms with van der Waals surface area (Å²) in [6, 6.07) is 7.97. The molecule has 1 atom stereocenters. The van der Waals surface area contributed by atoms with E-state index in [1.807, 2.05) is 24.3 Å². The second kappa shape index (κ2) is 5.46. The van der Waals surface area contributed by atoms with Crippen molar-refractivity contribution in [1.29, 1.82) is 0 Å². The van der Waals surface area contributed by atoms with Crippen molar-refractivity contribution in [2.75, 3.05) is 11.5 Å². The van der Waals surface area contributed by atoms with Crippen LogP contribution in [0.25, 0.3) is 0 Å². The van der Waals surface area contributed by atoms with Crippen molar-refractivity contribution in [3.63, 3.8) is 0 Å². The van der Waals surface area contributed by atoms with Crippen LogP contribution in [-0.4, -0.2) is 27.4 Å². The number of hydrogen-bond donors (Lipinski definition) is 0. The summed E-state index contributed by atoms with van der Waals surface area (Å²) in [5.74, 6) is 2.35. The number of thioether (sulfide) groups is 1. The van der Waals surface area contributed by atoms with Crippen molar-refractivity contribution < 1.29 is 9.32 Å². The first kappa shape index (κ1) is 12.9. The summed E-state index contributed by atoms with van der Waals surface area (Å²) in [7, 11) is 0. The Morgan fingerprint density at radius 2 is 2.37 bits per heavy atom. The normalized spacial score (nSPS) is 19.0. The lowest BCUT2D eigenvalue weighted by Gasteiger charge is -1.98. The number of carbonyl (C=O) groups excluding carboxylic acids is 1. The first-order valence-electron chi connectivity index (χ1n) is 5.90. The van der Waals surface area contributed by atoms with E-state index in [9.17, 15) is 4.79 Å². The second-order valence-electron chi connectivity index (χ2n) is 4.39. The zero-order valence-electron chi connectivity index (χ0n) is 10.0. The molecule has 1 fully saturated rings. The summed E-state index contributed by atoms with van der Waals surface area (Å²) in [6.07, 6.45) is 0.608. The first-order valence-corrected chi connectivity index (χ1v) is 7.84. The number of carbonyl (C=O) groups is 1. The van der Waals surface area contributed by atoms with Crippen LogP contribution in [0.15, 0.2) is 33.3 Å². The highest BCUT2D eigenvalue weighted by Gasteiger charge is 2.31. The lowest BCUT2D eigenvalue weighted by Crippen LogP contribution is -2.09. The molecule has 1 aliphatic heterocycles. The average molecular weight is 339 g/mol. The average Bonchev–Trinajstić information content (AvgIpc) is 2.98. The maximum atomic E-state index is 11.6. The molecule has 1 aromatic carbocycles. The monoisotopic (exact) mass is 338 g/mol. The molecule has 98 valence electrons. The fourth-order valence-corrected chi connectivity index (χ4v) is 3.52. The molecule has 2 heterocycles. The molecule has 0 radical (unpaired) electrons. The van der Waals surface area contributed by atoms with Crippen LogP contribution in [0.2, 0.25) is 0 Å². The van der Waals surface area contributed by atoms with Crippen LogP contribution in [0.3, 0.4) is 0 Å². The van der Waals surface area contributed by atoms with Crippen molar-refractivity contribution in [3.8, 4) is 0 Å². The largest absolute Gasteiger partial charge is 0.339 e. The molecule has 6 heteroatoms. The summed E-state index contributed by atoms with van der Waals surface area (Å²) in [6.45, 7) is 0. The van der Waals surface area contributed by atoms with E-state index in [1.54, 1.807) is 11.8 Å². The van der Waals surface area contributed by atoms with Gasteiger partial charge in [0.25, 0.3) is 0 Å². The van der Waals surface area contributed by atoms with Gasteiger partial charge >= 0.3 is 0 Å². The van der Waals surface area contributed by atoms with Gasteiger partial charge in [-0.05, 0) is 17.7 Å². The summed E-state index contributed by atoms with van der Waals surface area (Å²) < 4.78 is 6.24. The molecule has 4 nitrogen and oxygen atoms in total. The lowest BCUT2D eigenvalue weighted by atomic mass is 10.1. The van der Waals surface area contributed by atoms with Crippen LogP contribution in [0, 0.1) is 0 Å². The van der Waals surface area contributed by atoms with E-state index in [0.717, 1.165) is 15.8 Å². The number of nitrogens with zero attached hydrogens (tertiary/aromatic N) is 2. The van der Waals surface area contributed by atoms with Gasteiger partial charge in [0.15, 0.2) is 11.6 Å². The number of aromatic nitrogens is 2. The summed E-state index contributed by atoms with van der Waals surface area (Å²) >= 11 is 5.05.